The van der Waals surface area contributed by atoms with Crippen molar-refractivity contribution < 1.29 is 4.74 Å². The smallest absolute Gasteiger partial charge is 0.173 e. The molecular weight excluding hydrogens is 366 g/mol. The Balaban J connectivity index is 1.35. The summed E-state index contributed by atoms with van der Waals surface area (Å²) in [5, 5.41) is 4.36. The average molecular weight is 398 g/mol. The number of benzene rings is 1. The van der Waals surface area contributed by atoms with Gasteiger partial charge in [0.25, 0.3) is 0 Å². The second-order valence-electron chi connectivity index (χ2n) is 8.86. The Morgan fingerprint density at radius 1 is 1.14 bits per heavy atom. The van der Waals surface area contributed by atoms with Gasteiger partial charge in [0.05, 0.1) is 13.2 Å². The summed E-state index contributed by atoms with van der Waals surface area (Å²) in [7, 11) is 1.70. The molecule has 0 spiro atoms. The highest BCUT2D eigenvalue weighted by molar-refractivity contribution is 7.80. The van der Waals surface area contributed by atoms with Crippen molar-refractivity contribution in [2.24, 2.45) is 11.8 Å². The standard InChI is InChI=1S/C23H31N3OS/c1-27-20-9-7-19(8-10-20)24-23(28)26-12-4-5-16-13-17-14-18(22(16)26)15-25-11-3-2-6-21(17)25/h7-10,13,17-18,21-22H,2-6,11-12,14-15H2,1H3,(H,24,28)/t17-,18+,21-,22-/m1/s1. The molecule has 4 nitrogen and oxygen atoms in total. The first-order valence-corrected chi connectivity index (χ1v) is 11.3. The van der Waals surface area contributed by atoms with E-state index in [0.717, 1.165) is 41.0 Å². The molecule has 0 amide bonds. The third-order valence-corrected chi connectivity index (χ3v) is 7.60. The molecule has 3 heterocycles. The summed E-state index contributed by atoms with van der Waals surface area (Å²) in [5.41, 5.74) is 2.70. The molecule has 3 saturated heterocycles. The molecule has 4 atom stereocenters. The zero-order valence-corrected chi connectivity index (χ0v) is 17.6. The Morgan fingerprint density at radius 2 is 2.00 bits per heavy atom. The maximum Gasteiger partial charge on any atom is 0.173 e. The lowest BCUT2D eigenvalue weighted by molar-refractivity contribution is 0.0132. The van der Waals surface area contributed by atoms with E-state index in [4.69, 9.17) is 17.0 Å². The number of methoxy groups -OCH3 is 1. The van der Waals surface area contributed by atoms with Gasteiger partial charge in [-0.05, 0) is 87.0 Å². The van der Waals surface area contributed by atoms with Crippen LogP contribution < -0.4 is 10.1 Å². The minimum Gasteiger partial charge on any atom is -0.497 e. The maximum absolute atomic E-state index is 5.89. The molecule has 1 aliphatic carbocycles. The summed E-state index contributed by atoms with van der Waals surface area (Å²) in [6.45, 7) is 3.61. The van der Waals surface area contributed by atoms with E-state index < -0.39 is 0 Å². The van der Waals surface area contributed by atoms with E-state index >= 15 is 0 Å². The number of fused-ring (bicyclic) bond motifs is 6. The molecular formula is C23H31N3OS. The van der Waals surface area contributed by atoms with Gasteiger partial charge in [-0.1, -0.05) is 18.1 Å². The Morgan fingerprint density at radius 3 is 2.82 bits per heavy atom. The molecule has 0 aromatic heterocycles. The molecule has 1 aromatic carbocycles. The molecule has 0 unspecified atom stereocenters. The second kappa shape index (κ2) is 7.68. The fourth-order valence-electron chi connectivity index (χ4n) is 6.07. The van der Waals surface area contributed by atoms with E-state index in [0.29, 0.717) is 6.04 Å². The zero-order chi connectivity index (χ0) is 19.1. The lowest BCUT2D eigenvalue weighted by Crippen LogP contribution is -2.60. The highest BCUT2D eigenvalue weighted by Gasteiger charge is 2.46. The van der Waals surface area contributed by atoms with Gasteiger partial charge in [0, 0.05) is 24.8 Å². The lowest BCUT2D eigenvalue weighted by atomic mass is 9.68. The van der Waals surface area contributed by atoms with E-state index in [9.17, 15) is 0 Å². The van der Waals surface area contributed by atoms with E-state index in [-0.39, 0.29) is 0 Å². The monoisotopic (exact) mass is 397 g/mol. The minimum atomic E-state index is 0.492. The van der Waals surface area contributed by atoms with Crippen LogP contribution in [0.1, 0.15) is 38.5 Å². The van der Waals surface area contributed by atoms with Crippen LogP contribution in [-0.4, -0.2) is 53.7 Å². The van der Waals surface area contributed by atoms with Gasteiger partial charge < -0.3 is 15.0 Å². The molecule has 0 saturated carbocycles. The van der Waals surface area contributed by atoms with Crippen LogP contribution in [0.25, 0.3) is 0 Å². The highest BCUT2D eigenvalue weighted by atomic mass is 32.1. The first-order chi connectivity index (χ1) is 13.7. The van der Waals surface area contributed by atoms with E-state index in [2.05, 4.69) is 21.2 Å². The Labute approximate surface area is 173 Å². The summed E-state index contributed by atoms with van der Waals surface area (Å²) in [6, 6.07) is 9.35. The molecule has 0 radical (unpaired) electrons. The number of thiocarbonyl (C=S) groups is 1. The van der Waals surface area contributed by atoms with Crippen LogP contribution in [0.15, 0.2) is 35.9 Å². The number of hydrogen-bond donors (Lipinski definition) is 1. The number of hydrogen-bond acceptors (Lipinski definition) is 3. The van der Waals surface area contributed by atoms with Crippen LogP contribution in [0.4, 0.5) is 5.69 Å². The Kier molecular flexibility index (Phi) is 5.06. The summed E-state index contributed by atoms with van der Waals surface area (Å²) >= 11 is 5.89. The van der Waals surface area contributed by atoms with Crippen molar-refractivity contribution in [3.8, 4) is 5.75 Å². The van der Waals surface area contributed by atoms with Gasteiger partial charge in [-0.15, -0.1) is 0 Å². The molecule has 1 aromatic rings. The highest BCUT2D eigenvalue weighted by Crippen LogP contribution is 2.45. The van der Waals surface area contributed by atoms with Crippen molar-refractivity contribution in [2.75, 3.05) is 32.1 Å². The SMILES string of the molecule is COc1ccc(NC(=S)N2CCCC3=C[C@@H]4C[C@@H](CN5CCCC[C@H]45)[C@@H]32)cc1. The van der Waals surface area contributed by atoms with Crippen molar-refractivity contribution in [1.82, 2.24) is 9.80 Å². The van der Waals surface area contributed by atoms with Crippen LogP contribution in [0.5, 0.6) is 5.75 Å². The third kappa shape index (κ3) is 3.33. The summed E-state index contributed by atoms with van der Waals surface area (Å²) in [4.78, 5) is 5.28. The number of likely N-dealkylation sites (tertiary alicyclic amines) is 1. The number of piperidine rings is 3. The summed E-state index contributed by atoms with van der Waals surface area (Å²) in [5.74, 6) is 2.36. The van der Waals surface area contributed by atoms with Gasteiger partial charge in [0.2, 0.25) is 0 Å². The molecule has 2 bridgehead atoms. The lowest BCUT2D eigenvalue weighted by Gasteiger charge is -2.55. The molecule has 3 aliphatic heterocycles. The van der Waals surface area contributed by atoms with E-state index in [1.165, 1.54) is 51.6 Å². The Hall–Kier alpha value is -1.59. The predicted molar refractivity (Wildman–Crippen MR) is 118 cm³/mol. The van der Waals surface area contributed by atoms with Crippen LogP contribution in [-0.2, 0) is 0 Å². The number of ether oxygens (including phenoxy) is 1. The first kappa shape index (κ1) is 18.4. The van der Waals surface area contributed by atoms with E-state index in [1.807, 2.05) is 24.3 Å². The number of anilines is 1. The van der Waals surface area contributed by atoms with Gasteiger partial charge in [0.1, 0.15) is 5.75 Å². The van der Waals surface area contributed by atoms with Crippen LogP contribution >= 0.6 is 12.2 Å². The summed E-state index contributed by atoms with van der Waals surface area (Å²) in [6.07, 6.45) is 10.7. The number of nitrogens with zero attached hydrogens (tertiary/aromatic N) is 2. The normalized spacial score (nSPS) is 32.0. The minimum absolute atomic E-state index is 0.492. The number of rotatable bonds is 2. The van der Waals surface area contributed by atoms with Crippen molar-refractivity contribution >= 4 is 23.0 Å². The van der Waals surface area contributed by atoms with Gasteiger partial charge >= 0.3 is 0 Å². The molecule has 28 heavy (non-hydrogen) atoms. The third-order valence-electron chi connectivity index (χ3n) is 7.26. The summed E-state index contributed by atoms with van der Waals surface area (Å²) < 4.78 is 5.27. The van der Waals surface area contributed by atoms with Crippen molar-refractivity contribution in [1.29, 1.82) is 0 Å². The number of nitrogens with one attached hydrogen (secondary N) is 1. The molecule has 5 heteroatoms. The van der Waals surface area contributed by atoms with Crippen LogP contribution in [0.3, 0.4) is 0 Å². The Bertz CT molecular complexity index is 762. The molecule has 4 aliphatic rings. The molecule has 5 rings (SSSR count). The molecule has 1 N–H and O–H groups in total. The van der Waals surface area contributed by atoms with Crippen molar-refractivity contribution in [3.63, 3.8) is 0 Å². The fraction of sp³-hybridized carbons (Fsp3) is 0.609. The maximum atomic E-state index is 5.89. The van der Waals surface area contributed by atoms with Gasteiger partial charge in [-0.3, -0.25) is 4.90 Å². The fourth-order valence-corrected chi connectivity index (χ4v) is 6.39. The zero-order valence-electron chi connectivity index (χ0n) is 16.8. The molecule has 150 valence electrons. The van der Waals surface area contributed by atoms with Crippen LogP contribution in [0, 0.1) is 11.8 Å². The van der Waals surface area contributed by atoms with Gasteiger partial charge in [-0.25, -0.2) is 0 Å². The van der Waals surface area contributed by atoms with Gasteiger partial charge in [0.15, 0.2) is 5.11 Å². The quantitative estimate of drug-likeness (QED) is 0.594. The molecule has 3 fully saturated rings. The first-order valence-electron chi connectivity index (χ1n) is 10.9. The van der Waals surface area contributed by atoms with Crippen molar-refractivity contribution in [3.05, 3.63) is 35.9 Å². The largest absolute Gasteiger partial charge is 0.497 e. The average Bonchev–Trinajstić information content (AvgIpc) is 2.74. The van der Waals surface area contributed by atoms with Crippen LogP contribution in [0.2, 0.25) is 0 Å². The predicted octanol–water partition coefficient (Wildman–Crippen LogP) is 4.29. The topological polar surface area (TPSA) is 27.7 Å². The van der Waals surface area contributed by atoms with Gasteiger partial charge in [-0.2, -0.15) is 0 Å². The van der Waals surface area contributed by atoms with Crippen molar-refractivity contribution in [2.45, 2.75) is 50.6 Å². The second-order valence-corrected chi connectivity index (χ2v) is 9.25. The van der Waals surface area contributed by atoms with E-state index in [1.54, 1.807) is 12.7 Å².